The summed E-state index contributed by atoms with van der Waals surface area (Å²) in [5, 5.41) is 15.0. The van der Waals surface area contributed by atoms with Crippen molar-refractivity contribution in [1.29, 1.82) is 0 Å². The number of hydrogen-bond donors (Lipinski definition) is 2. The Morgan fingerprint density at radius 3 is 2.72 bits per heavy atom. The SMILES string of the molecule is COc1cc(CNc2ccc(N3CCOCC3)c(C(=O)O)c2)ccc1OCc1cccs1. The number of carbonyl (C=O) groups is 1. The predicted molar refractivity (Wildman–Crippen MR) is 125 cm³/mol. The van der Waals surface area contributed by atoms with Crippen LogP contribution in [0.2, 0.25) is 0 Å². The molecule has 7 nitrogen and oxygen atoms in total. The van der Waals surface area contributed by atoms with E-state index in [9.17, 15) is 9.90 Å². The molecule has 8 heteroatoms. The van der Waals surface area contributed by atoms with Crippen LogP contribution in [0.25, 0.3) is 0 Å². The first-order valence-corrected chi connectivity index (χ1v) is 11.3. The molecule has 0 amide bonds. The second kappa shape index (κ2) is 10.4. The van der Waals surface area contributed by atoms with Crippen LogP contribution >= 0.6 is 11.3 Å². The normalized spacial score (nSPS) is 13.6. The highest BCUT2D eigenvalue weighted by atomic mass is 32.1. The van der Waals surface area contributed by atoms with E-state index in [1.165, 1.54) is 0 Å². The summed E-state index contributed by atoms with van der Waals surface area (Å²) in [6.07, 6.45) is 0. The molecule has 1 saturated heterocycles. The van der Waals surface area contributed by atoms with Crippen LogP contribution in [-0.4, -0.2) is 44.5 Å². The summed E-state index contributed by atoms with van der Waals surface area (Å²) in [5.74, 6) is 0.409. The fourth-order valence-electron chi connectivity index (χ4n) is 3.59. The van der Waals surface area contributed by atoms with Crippen molar-refractivity contribution in [2.75, 3.05) is 43.6 Å². The largest absolute Gasteiger partial charge is 0.493 e. The number of benzene rings is 2. The highest BCUT2D eigenvalue weighted by Gasteiger charge is 2.19. The van der Waals surface area contributed by atoms with Crippen molar-refractivity contribution in [3.05, 3.63) is 69.9 Å². The molecule has 0 saturated carbocycles. The smallest absolute Gasteiger partial charge is 0.337 e. The van der Waals surface area contributed by atoms with Crippen molar-refractivity contribution in [1.82, 2.24) is 0 Å². The van der Waals surface area contributed by atoms with Crippen LogP contribution in [0.4, 0.5) is 11.4 Å². The van der Waals surface area contributed by atoms with Gasteiger partial charge in [-0.25, -0.2) is 4.79 Å². The molecule has 1 aromatic heterocycles. The summed E-state index contributed by atoms with van der Waals surface area (Å²) in [7, 11) is 1.62. The highest BCUT2D eigenvalue weighted by molar-refractivity contribution is 7.09. The number of nitrogens with one attached hydrogen (secondary N) is 1. The molecule has 0 radical (unpaired) electrons. The number of carboxylic acid groups (broad SMARTS) is 1. The van der Waals surface area contributed by atoms with Gasteiger partial charge in [-0.05, 0) is 47.3 Å². The van der Waals surface area contributed by atoms with Crippen molar-refractivity contribution in [3.8, 4) is 11.5 Å². The number of morpholine rings is 1. The Hall–Kier alpha value is -3.23. The average molecular weight is 455 g/mol. The van der Waals surface area contributed by atoms with Crippen molar-refractivity contribution in [3.63, 3.8) is 0 Å². The average Bonchev–Trinajstić information content (AvgIpc) is 3.35. The first kappa shape index (κ1) is 22.0. The van der Waals surface area contributed by atoms with Crippen molar-refractivity contribution >= 4 is 28.7 Å². The molecule has 4 rings (SSSR count). The monoisotopic (exact) mass is 454 g/mol. The van der Waals surface area contributed by atoms with Gasteiger partial charge in [0, 0.05) is 30.2 Å². The molecule has 0 atom stereocenters. The number of nitrogens with zero attached hydrogens (tertiary/aromatic N) is 1. The van der Waals surface area contributed by atoms with Crippen LogP contribution in [0.5, 0.6) is 11.5 Å². The van der Waals surface area contributed by atoms with Gasteiger partial charge < -0.3 is 29.5 Å². The topological polar surface area (TPSA) is 80.3 Å². The van der Waals surface area contributed by atoms with E-state index in [4.69, 9.17) is 14.2 Å². The Bertz CT molecular complexity index is 1050. The third-order valence-corrected chi connectivity index (χ3v) is 6.10. The molecule has 2 heterocycles. The minimum absolute atomic E-state index is 0.284. The molecule has 1 aliphatic rings. The van der Waals surface area contributed by atoms with Gasteiger partial charge in [-0.1, -0.05) is 12.1 Å². The fourth-order valence-corrected chi connectivity index (χ4v) is 4.20. The van der Waals surface area contributed by atoms with Gasteiger partial charge in [0.2, 0.25) is 0 Å². The number of ether oxygens (including phenoxy) is 3. The van der Waals surface area contributed by atoms with E-state index >= 15 is 0 Å². The number of rotatable bonds is 9. The molecule has 0 aliphatic carbocycles. The number of methoxy groups -OCH3 is 1. The number of carboxylic acids is 1. The summed E-state index contributed by atoms with van der Waals surface area (Å²) in [6, 6.07) is 15.3. The molecule has 1 aliphatic heterocycles. The molecule has 0 bridgehead atoms. The second-order valence-electron chi connectivity index (χ2n) is 7.34. The molecule has 2 aromatic carbocycles. The minimum Gasteiger partial charge on any atom is -0.493 e. The molecule has 32 heavy (non-hydrogen) atoms. The standard InChI is InChI=1S/C24H26N2O5S/c1-29-23-13-17(4-7-22(23)31-16-19-3-2-12-32-19)15-25-18-5-6-21(20(14-18)24(27)28)26-8-10-30-11-9-26/h2-7,12-14,25H,8-11,15-16H2,1H3,(H,27,28). The molecule has 0 spiro atoms. The van der Waals surface area contributed by atoms with Crippen molar-refractivity contribution < 1.29 is 24.1 Å². The maximum Gasteiger partial charge on any atom is 0.337 e. The van der Waals surface area contributed by atoms with Gasteiger partial charge in [0.15, 0.2) is 11.5 Å². The lowest BCUT2D eigenvalue weighted by molar-refractivity contribution is 0.0696. The molecular formula is C24H26N2O5S. The van der Waals surface area contributed by atoms with Crippen LogP contribution in [0.3, 0.4) is 0 Å². The van der Waals surface area contributed by atoms with Gasteiger partial charge in [-0.3, -0.25) is 0 Å². The number of anilines is 2. The maximum absolute atomic E-state index is 11.8. The first-order valence-electron chi connectivity index (χ1n) is 10.4. The van der Waals surface area contributed by atoms with E-state index < -0.39 is 5.97 Å². The zero-order valence-corrected chi connectivity index (χ0v) is 18.7. The second-order valence-corrected chi connectivity index (χ2v) is 8.38. The zero-order chi connectivity index (χ0) is 22.3. The highest BCUT2D eigenvalue weighted by Crippen LogP contribution is 2.30. The Labute approximate surface area is 191 Å². The zero-order valence-electron chi connectivity index (χ0n) is 17.9. The summed E-state index contributed by atoms with van der Waals surface area (Å²) < 4.78 is 16.8. The fraction of sp³-hybridized carbons (Fsp3) is 0.292. The lowest BCUT2D eigenvalue weighted by Gasteiger charge is -2.30. The molecule has 168 valence electrons. The summed E-state index contributed by atoms with van der Waals surface area (Å²) in [6.45, 7) is 3.61. The van der Waals surface area contributed by atoms with E-state index in [2.05, 4.69) is 10.2 Å². The quantitative estimate of drug-likeness (QED) is 0.493. The van der Waals surface area contributed by atoms with E-state index in [-0.39, 0.29) is 5.56 Å². The van der Waals surface area contributed by atoms with Crippen molar-refractivity contribution in [2.45, 2.75) is 13.2 Å². The van der Waals surface area contributed by atoms with E-state index in [0.29, 0.717) is 51.0 Å². The number of thiophene rings is 1. The van der Waals surface area contributed by atoms with Gasteiger partial charge in [0.05, 0.1) is 31.6 Å². The Balaban J connectivity index is 1.43. The van der Waals surface area contributed by atoms with E-state index in [1.54, 1.807) is 24.5 Å². The third kappa shape index (κ3) is 5.33. The Morgan fingerprint density at radius 2 is 2.00 bits per heavy atom. The molecular weight excluding hydrogens is 428 g/mol. The Morgan fingerprint density at radius 1 is 1.16 bits per heavy atom. The van der Waals surface area contributed by atoms with E-state index in [0.717, 1.165) is 21.8 Å². The van der Waals surface area contributed by atoms with Crippen LogP contribution < -0.4 is 19.7 Å². The predicted octanol–water partition coefficient (Wildman–Crippen LogP) is 4.48. The number of hydrogen-bond acceptors (Lipinski definition) is 7. The molecule has 1 fully saturated rings. The molecule has 3 aromatic rings. The van der Waals surface area contributed by atoms with Crippen LogP contribution in [0, 0.1) is 0 Å². The summed E-state index contributed by atoms with van der Waals surface area (Å²) >= 11 is 1.65. The third-order valence-electron chi connectivity index (χ3n) is 5.25. The lowest BCUT2D eigenvalue weighted by atomic mass is 10.1. The van der Waals surface area contributed by atoms with Crippen LogP contribution in [0.1, 0.15) is 20.8 Å². The van der Waals surface area contributed by atoms with Gasteiger partial charge in [-0.2, -0.15) is 0 Å². The van der Waals surface area contributed by atoms with Gasteiger partial charge in [-0.15, -0.1) is 11.3 Å². The van der Waals surface area contributed by atoms with E-state index in [1.807, 2.05) is 47.8 Å². The minimum atomic E-state index is -0.941. The van der Waals surface area contributed by atoms with Crippen LogP contribution in [-0.2, 0) is 17.9 Å². The first-order chi connectivity index (χ1) is 15.6. The molecule has 0 unspecified atom stereocenters. The molecule has 2 N–H and O–H groups in total. The van der Waals surface area contributed by atoms with Gasteiger partial charge in [0.25, 0.3) is 0 Å². The Kier molecular flexibility index (Phi) is 7.14. The van der Waals surface area contributed by atoms with Crippen LogP contribution in [0.15, 0.2) is 53.9 Å². The van der Waals surface area contributed by atoms with Gasteiger partial charge in [0.1, 0.15) is 6.61 Å². The van der Waals surface area contributed by atoms with Crippen molar-refractivity contribution in [2.24, 2.45) is 0 Å². The maximum atomic E-state index is 11.8. The van der Waals surface area contributed by atoms with Gasteiger partial charge >= 0.3 is 5.97 Å². The summed E-state index contributed by atoms with van der Waals surface area (Å²) in [4.78, 5) is 15.0. The summed E-state index contributed by atoms with van der Waals surface area (Å²) in [5.41, 5.74) is 2.75. The lowest BCUT2D eigenvalue weighted by Crippen LogP contribution is -2.37. The number of aromatic carboxylic acids is 1.